The first-order valence-electron chi connectivity index (χ1n) is 8.68. The summed E-state index contributed by atoms with van der Waals surface area (Å²) in [5.74, 6) is -0.191. The summed E-state index contributed by atoms with van der Waals surface area (Å²) in [4.78, 5) is 21.8. The molecule has 2 aromatic carbocycles. The molecule has 1 amide bonds. The topological polar surface area (TPSA) is 47.9 Å². The molecular formula is C20H18Cl2N4O. The molecule has 138 valence electrons. The van der Waals surface area contributed by atoms with Gasteiger partial charge in [-0.05, 0) is 31.2 Å². The van der Waals surface area contributed by atoms with Gasteiger partial charge in [0.2, 0.25) is 6.17 Å². The first-order valence-corrected chi connectivity index (χ1v) is 9.44. The van der Waals surface area contributed by atoms with Gasteiger partial charge < -0.3 is 15.1 Å². The Morgan fingerprint density at radius 1 is 1.15 bits per heavy atom. The van der Waals surface area contributed by atoms with Crippen LogP contribution in [0.1, 0.15) is 18.1 Å². The molecule has 0 saturated heterocycles. The predicted octanol–water partition coefficient (Wildman–Crippen LogP) is 4.18. The third-order valence-electron chi connectivity index (χ3n) is 4.64. The molecule has 2 aliphatic rings. The highest BCUT2D eigenvalue weighted by Crippen LogP contribution is 2.30. The number of fused-ring (bicyclic) bond motifs is 1. The molecule has 0 bridgehead atoms. The van der Waals surface area contributed by atoms with Crippen molar-refractivity contribution >= 4 is 40.5 Å². The van der Waals surface area contributed by atoms with Crippen molar-refractivity contribution in [1.82, 2.24) is 9.80 Å². The van der Waals surface area contributed by atoms with E-state index in [1.165, 1.54) is 0 Å². The van der Waals surface area contributed by atoms with Crippen molar-refractivity contribution < 1.29 is 4.79 Å². The Hall–Kier alpha value is -2.50. The lowest BCUT2D eigenvalue weighted by atomic mass is 10.0. The first-order chi connectivity index (χ1) is 13.1. The normalized spacial score (nSPS) is 18.9. The molecular weight excluding hydrogens is 383 g/mol. The fourth-order valence-corrected chi connectivity index (χ4v) is 3.61. The molecule has 0 spiro atoms. The fraction of sp³-hybridized carbons (Fsp3) is 0.200. The van der Waals surface area contributed by atoms with E-state index in [2.05, 4.69) is 17.1 Å². The molecule has 1 N–H and O–H groups in total. The Morgan fingerprint density at radius 3 is 2.70 bits per heavy atom. The van der Waals surface area contributed by atoms with Gasteiger partial charge in [0.15, 0.2) is 0 Å². The van der Waals surface area contributed by atoms with Crippen molar-refractivity contribution in [3.05, 3.63) is 76.0 Å². The predicted molar refractivity (Wildman–Crippen MR) is 109 cm³/mol. The van der Waals surface area contributed by atoms with Crippen LogP contribution in [-0.4, -0.2) is 40.8 Å². The summed E-state index contributed by atoms with van der Waals surface area (Å²) < 4.78 is 0. The van der Waals surface area contributed by atoms with Gasteiger partial charge in [0.05, 0.1) is 18.1 Å². The van der Waals surface area contributed by atoms with Crippen LogP contribution in [0.3, 0.4) is 0 Å². The van der Waals surface area contributed by atoms with E-state index in [-0.39, 0.29) is 5.91 Å². The number of carbonyl (C=O) groups excluding carboxylic acids is 1. The summed E-state index contributed by atoms with van der Waals surface area (Å²) >= 11 is 12.7. The number of anilines is 1. The Labute approximate surface area is 167 Å². The maximum Gasteiger partial charge on any atom is 0.269 e. The Bertz CT molecular complexity index is 957. The zero-order valence-corrected chi connectivity index (χ0v) is 16.2. The molecule has 1 unspecified atom stereocenters. The fourth-order valence-electron chi connectivity index (χ4n) is 3.21. The van der Waals surface area contributed by atoms with Crippen molar-refractivity contribution in [3.8, 4) is 0 Å². The van der Waals surface area contributed by atoms with E-state index in [4.69, 9.17) is 28.2 Å². The number of rotatable bonds is 3. The van der Waals surface area contributed by atoms with Crippen molar-refractivity contribution in [2.45, 2.75) is 13.1 Å². The van der Waals surface area contributed by atoms with Gasteiger partial charge in [-0.25, -0.2) is 4.99 Å². The van der Waals surface area contributed by atoms with E-state index in [0.717, 1.165) is 17.7 Å². The van der Waals surface area contributed by atoms with Gasteiger partial charge in [-0.15, -0.1) is 0 Å². The zero-order chi connectivity index (χ0) is 19.0. The van der Waals surface area contributed by atoms with Crippen LogP contribution in [0.4, 0.5) is 5.69 Å². The Kier molecular flexibility index (Phi) is 4.81. The monoisotopic (exact) mass is 400 g/mol. The summed E-state index contributed by atoms with van der Waals surface area (Å²) in [6, 6.07) is 12.8. The average molecular weight is 401 g/mol. The van der Waals surface area contributed by atoms with E-state index < -0.39 is 6.17 Å². The summed E-state index contributed by atoms with van der Waals surface area (Å²) in [6.07, 6.45) is 3.16. The van der Waals surface area contributed by atoms with Gasteiger partial charge in [0.1, 0.15) is 0 Å². The molecule has 0 aromatic heterocycles. The Morgan fingerprint density at radius 2 is 1.96 bits per heavy atom. The number of nitrogens with one attached hydrogen (secondary N) is 1. The molecule has 5 nitrogen and oxygen atoms in total. The number of hydrogen-bond donors (Lipinski definition) is 1. The van der Waals surface area contributed by atoms with E-state index in [1.54, 1.807) is 18.2 Å². The van der Waals surface area contributed by atoms with Crippen LogP contribution in [0.5, 0.6) is 0 Å². The van der Waals surface area contributed by atoms with Gasteiger partial charge >= 0.3 is 0 Å². The molecule has 2 heterocycles. The number of halogens is 2. The minimum atomic E-state index is -0.699. The van der Waals surface area contributed by atoms with E-state index in [9.17, 15) is 4.79 Å². The van der Waals surface area contributed by atoms with Gasteiger partial charge in [0, 0.05) is 40.1 Å². The van der Waals surface area contributed by atoms with Crippen molar-refractivity contribution in [2.75, 3.05) is 18.5 Å². The second-order valence-electron chi connectivity index (χ2n) is 6.37. The molecule has 0 saturated carbocycles. The maximum atomic E-state index is 12.9. The van der Waals surface area contributed by atoms with E-state index in [0.29, 0.717) is 28.1 Å². The third kappa shape index (κ3) is 3.40. The summed E-state index contributed by atoms with van der Waals surface area (Å²) in [6.45, 7) is 3.53. The van der Waals surface area contributed by atoms with E-state index >= 15 is 0 Å². The highest BCUT2D eigenvalue weighted by atomic mass is 35.5. The molecule has 2 aromatic rings. The molecule has 0 radical (unpaired) electrons. The second kappa shape index (κ2) is 7.25. The van der Waals surface area contributed by atoms with Crippen molar-refractivity contribution in [2.24, 2.45) is 4.99 Å². The minimum absolute atomic E-state index is 0.191. The van der Waals surface area contributed by atoms with Crippen LogP contribution in [0.15, 0.2) is 59.9 Å². The van der Waals surface area contributed by atoms with Crippen molar-refractivity contribution in [1.29, 1.82) is 0 Å². The average Bonchev–Trinajstić information content (AvgIpc) is 3.08. The number of carbonyl (C=O) groups is 1. The minimum Gasteiger partial charge on any atom is -0.359 e. The molecule has 7 heteroatoms. The lowest BCUT2D eigenvalue weighted by Crippen LogP contribution is -2.41. The molecule has 27 heavy (non-hydrogen) atoms. The number of hydrogen-bond acceptors (Lipinski definition) is 4. The highest BCUT2D eigenvalue weighted by Gasteiger charge is 2.31. The highest BCUT2D eigenvalue weighted by molar-refractivity contribution is 6.37. The lowest BCUT2D eigenvalue weighted by Gasteiger charge is -2.25. The first kappa shape index (κ1) is 17.9. The molecule has 0 fully saturated rings. The molecule has 4 rings (SSSR count). The quantitative estimate of drug-likeness (QED) is 0.840. The number of benzodiazepines with no additional fused rings is 1. The summed E-state index contributed by atoms with van der Waals surface area (Å²) in [7, 11) is 0. The van der Waals surface area contributed by atoms with Gasteiger partial charge in [-0.1, -0.05) is 41.4 Å². The molecule has 0 aliphatic carbocycles. The zero-order valence-electron chi connectivity index (χ0n) is 14.7. The van der Waals surface area contributed by atoms with Crippen molar-refractivity contribution in [3.63, 3.8) is 0 Å². The number of benzene rings is 2. The Balaban J connectivity index is 1.86. The van der Waals surface area contributed by atoms with Crippen LogP contribution in [0.2, 0.25) is 10.0 Å². The van der Waals surface area contributed by atoms with Crippen LogP contribution >= 0.6 is 23.2 Å². The summed E-state index contributed by atoms with van der Waals surface area (Å²) in [5.41, 5.74) is 2.83. The molecule has 1 atom stereocenters. The summed E-state index contributed by atoms with van der Waals surface area (Å²) in [5, 5.41) is 4.12. The number of amides is 1. The van der Waals surface area contributed by atoms with E-state index in [1.807, 2.05) is 41.6 Å². The standard InChI is InChI=1S/C20H18Cl2N4O/c1-2-25-9-10-26(12-25)19-20(27)23-17-8-7-13(21)11-15(17)18(24-19)14-5-3-4-6-16(14)22/h3-11,19H,2,12H2,1H3,(H,23,27). The third-order valence-corrected chi connectivity index (χ3v) is 5.21. The van der Waals surface area contributed by atoms with Gasteiger partial charge in [-0.3, -0.25) is 4.79 Å². The largest absolute Gasteiger partial charge is 0.359 e. The van der Waals surface area contributed by atoms with Gasteiger partial charge in [-0.2, -0.15) is 0 Å². The smallest absolute Gasteiger partial charge is 0.269 e. The lowest BCUT2D eigenvalue weighted by molar-refractivity contribution is -0.120. The van der Waals surface area contributed by atoms with Crippen LogP contribution in [-0.2, 0) is 4.79 Å². The van der Waals surface area contributed by atoms with Crippen LogP contribution in [0, 0.1) is 0 Å². The maximum absolute atomic E-state index is 12.9. The second-order valence-corrected chi connectivity index (χ2v) is 7.21. The number of nitrogens with zero attached hydrogens (tertiary/aromatic N) is 3. The van der Waals surface area contributed by atoms with Gasteiger partial charge in [0.25, 0.3) is 5.91 Å². The SMILES string of the molecule is CCN1C=CN(C2N=C(c3ccccc3Cl)c3cc(Cl)ccc3NC2=O)C1. The molecule has 2 aliphatic heterocycles. The van der Waals surface area contributed by atoms with Crippen LogP contribution in [0.25, 0.3) is 0 Å². The van der Waals surface area contributed by atoms with Crippen LogP contribution < -0.4 is 5.32 Å². The number of aliphatic imine (C=N–C) groups is 1.